The van der Waals surface area contributed by atoms with E-state index in [-0.39, 0.29) is 23.7 Å². The van der Waals surface area contributed by atoms with Crippen LogP contribution in [0.25, 0.3) is 0 Å². The van der Waals surface area contributed by atoms with Crippen LogP contribution in [0.5, 0.6) is 17.2 Å². The lowest BCUT2D eigenvalue weighted by molar-refractivity contribution is -0.131. The molecule has 6 heteroatoms. The zero-order valence-corrected chi connectivity index (χ0v) is 10.8. The van der Waals surface area contributed by atoms with E-state index in [9.17, 15) is 24.9 Å². The average Bonchev–Trinajstić information content (AvgIpc) is 2.42. The number of rotatable bonds is 1. The van der Waals surface area contributed by atoms with Crippen LogP contribution in [0.1, 0.15) is 5.56 Å². The minimum Gasteiger partial charge on any atom is -0.508 e. The Labute approximate surface area is 119 Å². The molecule has 0 aromatic heterocycles. The average molecular weight is 288 g/mol. The molecule has 1 aliphatic carbocycles. The summed E-state index contributed by atoms with van der Waals surface area (Å²) in [6.07, 6.45) is 1.97. The number of fused-ring (bicyclic) bond motifs is 1. The predicted molar refractivity (Wildman–Crippen MR) is 71.1 cm³/mol. The van der Waals surface area contributed by atoms with E-state index >= 15 is 0 Å². The molecular formula is C15H12O6. The van der Waals surface area contributed by atoms with Crippen molar-refractivity contribution in [1.29, 1.82) is 0 Å². The minimum atomic E-state index is -0.982. The molecule has 1 aliphatic heterocycles. The fraction of sp³-hybridized carbons (Fsp3) is 0.200. The van der Waals surface area contributed by atoms with Gasteiger partial charge in [0.2, 0.25) is 11.6 Å². The molecule has 3 rings (SSSR count). The Balaban J connectivity index is 1.96. The molecule has 1 aromatic rings. The van der Waals surface area contributed by atoms with Crippen molar-refractivity contribution in [2.24, 2.45) is 0 Å². The number of benzene rings is 1. The molecule has 2 unspecified atom stereocenters. The third-order valence-corrected chi connectivity index (χ3v) is 3.48. The van der Waals surface area contributed by atoms with Gasteiger partial charge < -0.3 is 20.1 Å². The van der Waals surface area contributed by atoms with Gasteiger partial charge in [-0.05, 0) is 17.7 Å². The molecule has 0 spiro atoms. The van der Waals surface area contributed by atoms with Crippen molar-refractivity contribution in [3.63, 3.8) is 0 Å². The van der Waals surface area contributed by atoms with Crippen molar-refractivity contribution in [2.75, 3.05) is 0 Å². The number of ether oxygens (including phenoxy) is 1. The van der Waals surface area contributed by atoms with Crippen molar-refractivity contribution in [1.82, 2.24) is 0 Å². The zero-order valence-electron chi connectivity index (χ0n) is 10.8. The predicted octanol–water partition coefficient (Wildman–Crippen LogP) is 0.397. The van der Waals surface area contributed by atoms with Gasteiger partial charge in [-0.2, -0.15) is 0 Å². The molecule has 0 saturated heterocycles. The summed E-state index contributed by atoms with van der Waals surface area (Å²) in [5.74, 6) is -1.39. The van der Waals surface area contributed by atoms with Gasteiger partial charge in [-0.1, -0.05) is 6.08 Å². The molecule has 21 heavy (non-hydrogen) atoms. The summed E-state index contributed by atoms with van der Waals surface area (Å²) < 4.78 is 5.58. The van der Waals surface area contributed by atoms with Crippen LogP contribution in [0.4, 0.5) is 0 Å². The van der Waals surface area contributed by atoms with Crippen molar-refractivity contribution in [3.05, 3.63) is 41.5 Å². The Morgan fingerprint density at radius 1 is 1.10 bits per heavy atom. The molecule has 2 aliphatic rings. The fourth-order valence-electron chi connectivity index (χ4n) is 2.45. The first-order valence-electron chi connectivity index (χ1n) is 6.33. The molecule has 0 fully saturated rings. The molecular weight excluding hydrogens is 276 g/mol. The monoisotopic (exact) mass is 288 g/mol. The third-order valence-electron chi connectivity index (χ3n) is 3.48. The van der Waals surface area contributed by atoms with E-state index in [4.69, 9.17) is 4.74 Å². The number of carbonyl (C=O) groups excluding carboxylic acids is 2. The van der Waals surface area contributed by atoms with Gasteiger partial charge in [0.1, 0.15) is 23.4 Å². The van der Waals surface area contributed by atoms with Gasteiger partial charge in [-0.25, -0.2) is 0 Å². The maximum atomic E-state index is 11.4. The largest absolute Gasteiger partial charge is 0.508 e. The van der Waals surface area contributed by atoms with Gasteiger partial charge in [0.15, 0.2) is 0 Å². The van der Waals surface area contributed by atoms with Gasteiger partial charge in [0.25, 0.3) is 0 Å². The second-order valence-electron chi connectivity index (χ2n) is 4.96. The first-order valence-corrected chi connectivity index (χ1v) is 6.33. The second kappa shape index (κ2) is 4.75. The van der Waals surface area contributed by atoms with E-state index in [1.807, 2.05) is 0 Å². The lowest BCUT2D eigenvalue weighted by Gasteiger charge is -2.32. The maximum absolute atomic E-state index is 11.4. The van der Waals surface area contributed by atoms with Gasteiger partial charge >= 0.3 is 0 Å². The lowest BCUT2D eigenvalue weighted by Crippen LogP contribution is -2.39. The van der Waals surface area contributed by atoms with Gasteiger partial charge in [0.05, 0.1) is 6.10 Å². The topological polar surface area (TPSA) is 104 Å². The Morgan fingerprint density at radius 2 is 1.86 bits per heavy atom. The summed E-state index contributed by atoms with van der Waals surface area (Å²) in [6.45, 7) is 0. The molecule has 0 radical (unpaired) electrons. The SMILES string of the molecule is O=C1C=CC(C2Oc3cc(O)cc(O)c3CC2O)=CC1=O. The summed E-state index contributed by atoms with van der Waals surface area (Å²) in [5.41, 5.74) is 0.764. The van der Waals surface area contributed by atoms with Crippen LogP contribution in [-0.2, 0) is 16.0 Å². The molecule has 0 bridgehead atoms. The number of phenols is 2. The molecule has 6 nitrogen and oxygen atoms in total. The number of allylic oxidation sites excluding steroid dienone is 2. The van der Waals surface area contributed by atoms with Gasteiger partial charge in [0, 0.05) is 24.1 Å². The van der Waals surface area contributed by atoms with Gasteiger partial charge in [-0.15, -0.1) is 0 Å². The molecule has 108 valence electrons. The van der Waals surface area contributed by atoms with Crippen LogP contribution in [0.2, 0.25) is 0 Å². The van der Waals surface area contributed by atoms with Crippen LogP contribution in [-0.4, -0.2) is 39.1 Å². The number of carbonyl (C=O) groups is 2. The standard InChI is InChI=1S/C15H12O6/c16-8-4-11(18)9-6-13(20)15(21-14(9)5-8)7-1-2-10(17)12(19)3-7/h1-5,13,15-16,18,20H,6H2. The van der Waals surface area contributed by atoms with E-state index in [0.717, 1.165) is 18.2 Å². The smallest absolute Gasteiger partial charge is 0.226 e. The highest BCUT2D eigenvalue weighted by Crippen LogP contribution is 2.39. The fourth-order valence-corrected chi connectivity index (χ4v) is 2.45. The van der Waals surface area contributed by atoms with Gasteiger partial charge in [-0.3, -0.25) is 9.59 Å². The van der Waals surface area contributed by atoms with Crippen LogP contribution in [0.15, 0.2) is 35.9 Å². The number of aromatic hydroxyl groups is 2. The Morgan fingerprint density at radius 3 is 2.57 bits per heavy atom. The maximum Gasteiger partial charge on any atom is 0.226 e. The van der Waals surface area contributed by atoms with Crippen molar-refractivity contribution >= 4 is 11.6 Å². The highest BCUT2D eigenvalue weighted by Gasteiger charge is 2.34. The van der Waals surface area contributed by atoms with E-state index < -0.39 is 23.8 Å². The van der Waals surface area contributed by atoms with Crippen LogP contribution in [0.3, 0.4) is 0 Å². The molecule has 2 atom stereocenters. The molecule has 1 aromatic carbocycles. The molecule has 0 amide bonds. The van der Waals surface area contributed by atoms with E-state index in [1.165, 1.54) is 12.1 Å². The van der Waals surface area contributed by atoms with Crippen LogP contribution < -0.4 is 4.74 Å². The number of aliphatic hydroxyl groups excluding tert-OH is 1. The van der Waals surface area contributed by atoms with Crippen LogP contribution >= 0.6 is 0 Å². The number of hydrogen-bond acceptors (Lipinski definition) is 6. The summed E-state index contributed by atoms with van der Waals surface area (Å²) >= 11 is 0. The summed E-state index contributed by atoms with van der Waals surface area (Å²) in [4.78, 5) is 22.6. The lowest BCUT2D eigenvalue weighted by atomic mass is 9.91. The highest BCUT2D eigenvalue weighted by atomic mass is 16.5. The molecule has 0 saturated carbocycles. The van der Waals surface area contributed by atoms with Crippen molar-refractivity contribution in [3.8, 4) is 17.2 Å². The number of ketones is 2. The Bertz CT molecular complexity index is 700. The number of aliphatic hydroxyl groups is 1. The van der Waals surface area contributed by atoms with E-state index in [2.05, 4.69) is 0 Å². The highest BCUT2D eigenvalue weighted by molar-refractivity contribution is 6.46. The quantitative estimate of drug-likeness (QED) is 0.510. The normalized spacial score (nSPS) is 24.3. The number of hydrogen-bond donors (Lipinski definition) is 3. The Kier molecular flexibility index (Phi) is 3.03. The van der Waals surface area contributed by atoms with Crippen molar-refractivity contribution in [2.45, 2.75) is 18.6 Å². The molecule has 3 N–H and O–H groups in total. The first kappa shape index (κ1) is 13.4. The van der Waals surface area contributed by atoms with E-state index in [1.54, 1.807) is 0 Å². The first-order chi connectivity index (χ1) is 9.95. The summed E-state index contributed by atoms with van der Waals surface area (Å²) in [6, 6.07) is 2.49. The summed E-state index contributed by atoms with van der Waals surface area (Å²) in [7, 11) is 0. The Hall–Kier alpha value is -2.60. The van der Waals surface area contributed by atoms with Crippen LogP contribution in [0, 0.1) is 0 Å². The third kappa shape index (κ3) is 2.30. The number of phenolic OH excluding ortho intramolecular Hbond substituents is 2. The van der Waals surface area contributed by atoms with Crippen molar-refractivity contribution < 1.29 is 29.6 Å². The second-order valence-corrected chi connectivity index (χ2v) is 4.96. The minimum absolute atomic E-state index is 0.111. The zero-order chi connectivity index (χ0) is 15.1. The molecule has 1 heterocycles. The van der Waals surface area contributed by atoms with E-state index in [0.29, 0.717) is 11.1 Å². The summed E-state index contributed by atoms with van der Waals surface area (Å²) in [5, 5.41) is 29.4.